The van der Waals surface area contributed by atoms with Crippen LogP contribution >= 0.6 is 0 Å². The first-order chi connectivity index (χ1) is 14.7. The second-order valence-electron chi connectivity index (χ2n) is 8.41. The van der Waals surface area contributed by atoms with Gasteiger partial charge in [0.2, 0.25) is 15.8 Å². The summed E-state index contributed by atoms with van der Waals surface area (Å²) in [6, 6.07) is 5.21. The van der Waals surface area contributed by atoms with E-state index in [1.54, 1.807) is 34.6 Å². The number of methoxy groups -OCH3 is 1. The number of aromatic amines is 1. The van der Waals surface area contributed by atoms with Crippen molar-refractivity contribution in [2.45, 2.75) is 58.1 Å². The lowest BCUT2D eigenvalue weighted by Gasteiger charge is -2.20. The van der Waals surface area contributed by atoms with Crippen LogP contribution in [-0.4, -0.2) is 49.9 Å². The van der Waals surface area contributed by atoms with Gasteiger partial charge in [-0.3, -0.25) is 4.79 Å². The monoisotopic (exact) mass is 464 g/mol. The average molecular weight is 465 g/mol. The smallest absolute Gasteiger partial charge is 0.339 e. The molecule has 9 nitrogen and oxygen atoms in total. The summed E-state index contributed by atoms with van der Waals surface area (Å²) >= 11 is 0. The highest BCUT2D eigenvalue weighted by Gasteiger charge is 2.28. The van der Waals surface area contributed by atoms with Crippen molar-refractivity contribution in [2.75, 3.05) is 7.11 Å². The summed E-state index contributed by atoms with van der Waals surface area (Å²) in [7, 11) is -2.50. The first-order valence-electron chi connectivity index (χ1n) is 9.84. The summed E-state index contributed by atoms with van der Waals surface area (Å²) in [6.45, 7) is 9.81. The van der Waals surface area contributed by atoms with E-state index in [0.29, 0.717) is 11.3 Å². The molecule has 2 N–H and O–H groups in total. The molecule has 10 heteroatoms. The van der Waals surface area contributed by atoms with Crippen molar-refractivity contribution >= 4 is 27.7 Å². The lowest BCUT2D eigenvalue weighted by molar-refractivity contribution is 0.0316. The molecule has 0 bridgehead atoms. The van der Waals surface area contributed by atoms with Crippen LogP contribution in [0.25, 0.3) is 0 Å². The summed E-state index contributed by atoms with van der Waals surface area (Å²) in [6.07, 6.45) is -1.14. The number of carbonyl (C=O) groups excluding carboxylic acids is 3. The number of ketones is 1. The van der Waals surface area contributed by atoms with Crippen LogP contribution in [0.1, 0.15) is 70.2 Å². The number of carbonyl (C=O) groups is 3. The van der Waals surface area contributed by atoms with Gasteiger partial charge in [0.1, 0.15) is 0 Å². The van der Waals surface area contributed by atoms with E-state index in [1.807, 2.05) is 0 Å². The molecule has 0 spiro atoms. The molecular weight excluding hydrogens is 436 g/mol. The number of ether oxygens (including phenoxy) is 2. The number of hydrogen-bond acceptors (Lipinski definition) is 7. The third-order valence-electron chi connectivity index (χ3n) is 4.57. The minimum absolute atomic E-state index is 0.000857. The highest BCUT2D eigenvalue weighted by Crippen LogP contribution is 2.21. The van der Waals surface area contributed by atoms with Crippen LogP contribution in [-0.2, 0) is 19.5 Å². The summed E-state index contributed by atoms with van der Waals surface area (Å²) in [4.78, 5) is 40.0. The van der Waals surface area contributed by atoms with Gasteiger partial charge in [0.05, 0.1) is 28.8 Å². The number of aryl methyl sites for hydroxylation is 1. The first kappa shape index (κ1) is 25.3. The minimum atomic E-state index is -3.75. The van der Waals surface area contributed by atoms with Crippen molar-refractivity contribution in [1.29, 1.82) is 0 Å². The molecule has 0 aliphatic rings. The zero-order valence-corrected chi connectivity index (χ0v) is 20.0. The van der Waals surface area contributed by atoms with Gasteiger partial charge < -0.3 is 14.5 Å². The van der Waals surface area contributed by atoms with Crippen molar-refractivity contribution in [2.24, 2.45) is 0 Å². The number of nitrogens with one attached hydrogen (secondary N) is 2. The Bertz CT molecular complexity index is 1140. The molecule has 0 saturated heterocycles. The molecule has 2 aromatic rings. The van der Waals surface area contributed by atoms with Crippen LogP contribution in [0.15, 0.2) is 29.2 Å². The number of H-pyrrole nitrogens is 1. The summed E-state index contributed by atoms with van der Waals surface area (Å²) in [5.41, 5.74) is 0.718. The third kappa shape index (κ3) is 5.63. The Kier molecular flexibility index (Phi) is 7.31. The molecule has 174 valence electrons. The van der Waals surface area contributed by atoms with E-state index in [-0.39, 0.29) is 21.7 Å². The van der Waals surface area contributed by atoms with Gasteiger partial charge >= 0.3 is 11.9 Å². The maximum atomic E-state index is 12.8. The summed E-state index contributed by atoms with van der Waals surface area (Å²) < 4.78 is 37.3. The fourth-order valence-electron chi connectivity index (χ4n) is 3.12. The molecule has 1 atom stereocenters. The molecule has 0 radical (unpaired) electrons. The van der Waals surface area contributed by atoms with E-state index in [0.717, 1.165) is 0 Å². The van der Waals surface area contributed by atoms with Crippen LogP contribution in [0.5, 0.6) is 0 Å². The van der Waals surface area contributed by atoms with Gasteiger partial charge in [-0.2, -0.15) is 0 Å². The molecule has 32 heavy (non-hydrogen) atoms. The van der Waals surface area contributed by atoms with Gasteiger partial charge in [-0.05, 0) is 71.4 Å². The lowest BCUT2D eigenvalue weighted by atomic mass is 10.1. The highest BCUT2D eigenvalue weighted by molar-refractivity contribution is 7.89. The number of benzene rings is 1. The molecule has 1 aromatic carbocycles. The van der Waals surface area contributed by atoms with Crippen LogP contribution in [0.2, 0.25) is 0 Å². The average Bonchev–Trinajstić information content (AvgIpc) is 2.99. The molecule has 0 aliphatic heterocycles. The molecule has 0 saturated carbocycles. The van der Waals surface area contributed by atoms with Gasteiger partial charge in [0.15, 0.2) is 6.10 Å². The number of hydrogen-bond donors (Lipinski definition) is 2. The molecule has 1 unspecified atom stereocenters. The van der Waals surface area contributed by atoms with Crippen LogP contribution < -0.4 is 4.72 Å². The second kappa shape index (κ2) is 9.25. The molecule has 1 heterocycles. The van der Waals surface area contributed by atoms with Gasteiger partial charge in [-0.1, -0.05) is 0 Å². The number of rotatable bonds is 7. The highest BCUT2D eigenvalue weighted by atomic mass is 32.2. The van der Waals surface area contributed by atoms with Crippen molar-refractivity contribution in [3.63, 3.8) is 0 Å². The predicted octanol–water partition coefficient (Wildman–Crippen LogP) is 2.92. The number of aromatic nitrogens is 1. The van der Waals surface area contributed by atoms with Crippen molar-refractivity contribution in [3.8, 4) is 0 Å². The standard InChI is InChI=1S/C22H28N2O7S/c1-12-17(21(27)30-7)13(2)23-18(12)19(25)14(3)31-20(26)15-8-10-16(11-9-15)32(28,29)24-22(4,5)6/h8-11,14,23-24H,1-7H3. The molecule has 1 aromatic heterocycles. The predicted molar refractivity (Wildman–Crippen MR) is 117 cm³/mol. The van der Waals surface area contributed by atoms with Crippen molar-refractivity contribution in [3.05, 3.63) is 52.3 Å². The minimum Gasteiger partial charge on any atom is -0.465 e. The maximum Gasteiger partial charge on any atom is 0.339 e. The van der Waals surface area contributed by atoms with Crippen LogP contribution in [0.4, 0.5) is 0 Å². The second-order valence-corrected chi connectivity index (χ2v) is 10.1. The Hall–Kier alpha value is -2.98. The van der Waals surface area contributed by atoms with E-state index >= 15 is 0 Å². The number of Topliss-reactive ketones (excluding diaryl/α,β-unsaturated/α-hetero) is 1. The fourth-order valence-corrected chi connectivity index (χ4v) is 4.54. The molecule has 2 rings (SSSR count). The summed E-state index contributed by atoms with van der Waals surface area (Å²) in [5.74, 6) is -1.87. The normalized spacial score (nSPS) is 12.8. The van der Waals surface area contributed by atoms with Crippen LogP contribution in [0.3, 0.4) is 0 Å². The Morgan fingerprint density at radius 3 is 2.09 bits per heavy atom. The third-order valence-corrected chi connectivity index (χ3v) is 6.34. The van der Waals surface area contributed by atoms with E-state index in [4.69, 9.17) is 9.47 Å². The van der Waals surface area contributed by atoms with Gasteiger partial charge in [0, 0.05) is 11.2 Å². The van der Waals surface area contributed by atoms with Gasteiger partial charge in [-0.15, -0.1) is 0 Å². The van der Waals surface area contributed by atoms with E-state index in [1.165, 1.54) is 38.3 Å². The SMILES string of the molecule is COC(=O)c1c(C)[nH]c(C(=O)C(C)OC(=O)c2ccc(S(=O)(=O)NC(C)(C)C)cc2)c1C. The molecule has 0 fully saturated rings. The quantitative estimate of drug-likeness (QED) is 0.476. The van der Waals surface area contributed by atoms with E-state index in [2.05, 4.69) is 9.71 Å². The Morgan fingerprint density at radius 2 is 1.59 bits per heavy atom. The van der Waals surface area contributed by atoms with Gasteiger partial charge in [-0.25, -0.2) is 22.7 Å². The number of esters is 2. The zero-order chi connectivity index (χ0) is 24.4. The van der Waals surface area contributed by atoms with Crippen molar-refractivity contribution in [1.82, 2.24) is 9.71 Å². The maximum absolute atomic E-state index is 12.8. The van der Waals surface area contributed by atoms with Crippen molar-refractivity contribution < 1.29 is 32.3 Å². The Labute approximate surface area is 187 Å². The first-order valence-corrected chi connectivity index (χ1v) is 11.3. The van der Waals surface area contributed by atoms with Gasteiger partial charge in [0.25, 0.3) is 0 Å². The molecular formula is C22H28N2O7S. The zero-order valence-electron chi connectivity index (χ0n) is 19.2. The van der Waals surface area contributed by atoms with E-state index < -0.39 is 39.4 Å². The topological polar surface area (TPSA) is 132 Å². The molecule has 0 amide bonds. The largest absolute Gasteiger partial charge is 0.465 e. The number of sulfonamides is 1. The fraction of sp³-hybridized carbons (Fsp3) is 0.409. The summed E-state index contributed by atoms with van der Waals surface area (Å²) in [5, 5.41) is 0. The van der Waals surface area contributed by atoms with E-state index in [9.17, 15) is 22.8 Å². The Balaban J connectivity index is 2.16. The molecule has 0 aliphatic carbocycles. The van der Waals surface area contributed by atoms with Crippen LogP contribution in [0, 0.1) is 13.8 Å². The Morgan fingerprint density at radius 1 is 1.03 bits per heavy atom. The lowest BCUT2D eigenvalue weighted by Crippen LogP contribution is -2.40.